The van der Waals surface area contributed by atoms with Crippen LogP contribution in [-0.4, -0.2) is 14.5 Å². The fourth-order valence-electron chi connectivity index (χ4n) is 3.37. The Morgan fingerprint density at radius 3 is 2.55 bits per heavy atom. The molecular weight excluding hydrogens is 384 g/mol. The third kappa shape index (κ3) is 3.66. The highest BCUT2D eigenvalue weighted by molar-refractivity contribution is 6.32. The maximum Gasteiger partial charge on any atom is 0.146 e. The molecule has 0 aliphatic rings. The van der Waals surface area contributed by atoms with Crippen molar-refractivity contribution in [3.05, 3.63) is 65.6 Å². The van der Waals surface area contributed by atoms with E-state index in [1.807, 2.05) is 49.4 Å². The summed E-state index contributed by atoms with van der Waals surface area (Å²) in [4.78, 5) is 8.66. The lowest BCUT2D eigenvalue weighted by molar-refractivity contribution is 0.408. The maximum absolute atomic E-state index is 6.56. The van der Waals surface area contributed by atoms with Crippen LogP contribution >= 0.6 is 11.6 Å². The van der Waals surface area contributed by atoms with Gasteiger partial charge in [-0.05, 0) is 63.1 Å². The average Bonchev–Trinajstić information content (AvgIpc) is 3.05. The SMILES string of the molecule is Cc1cccc(Oc2ccc(-c3cn(C(C)(C)C)c4ncnc(N)c34)cc2Cl)c1. The summed E-state index contributed by atoms with van der Waals surface area (Å²) in [5, 5.41) is 1.35. The summed E-state index contributed by atoms with van der Waals surface area (Å²) < 4.78 is 8.08. The third-order valence-electron chi connectivity index (χ3n) is 4.80. The molecule has 0 radical (unpaired) electrons. The van der Waals surface area contributed by atoms with Crippen LogP contribution in [-0.2, 0) is 5.54 Å². The zero-order valence-corrected chi connectivity index (χ0v) is 17.7. The highest BCUT2D eigenvalue weighted by Crippen LogP contribution is 2.39. The number of aryl methyl sites for hydroxylation is 1. The van der Waals surface area contributed by atoms with Crippen LogP contribution in [0.15, 0.2) is 55.0 Å². The molecule has 29 heavy (non-hydrogen) atoms. The summed E-state index contributed by atoms with van der Waals surface area (Å²) >= 11 is 6.56. The normalized spacial score (nSPS) is 11.8. The molecule has 0 spiro atoms. The van der Waals surface area contributed by atoms with Crippen molar-refractivity contribution in [2.24, 2.45) is 0 Å². The van der Waals surface area contributed by atoms with Gasteiger partial charge in [-0.25, -0.2) is 9.97 Å². The van der Waals surface area contributed by atoms with Crippen molar-refractivity contribution >= 4 is 28.5 Å². The second-order valence-electron chi connectivity index (χ2n) is 8.10. The Morgan fingerprint density at radius 1 is 1.07 bits per heavy atom. The Bertz CT molecular complexity index is 1210. The van der Waals surface area contributed by atoms with Gasteiger partial charge >= 0.3 is 0 Å². The minimum absolute atomic E-state index is 0.157. The zero-order chi connectivity index (χ0) is 20.8. The molecule has 0 aliphatic heterocycles. The van der Waals surface area contributed by atoms with E-state index >= 15 is 0 Å². The van der Waals surface area contributed by atoms with E-state index in [2.05, 4.69) is 41.5 Å². The van der Waals surface area contributed by atoms with Crippen molar-refractivity contribution in [1.29, 1.82) is 0 Å². The minimum Gasteiger partial charge on any atom is -0.456 e. The number of halogens is 1. The van der Waals surface area contributed by atoms with Gasteiger partial charge in [0, 0.05) is 17.3 Å². The van der Waals surface area contributed by atoms with E-state index < -0.39 is 0 Å². The van der Waals surface area contributed by atoms with E-state index in [1.165, 1.54) is 6.33 Å². The zero-order valence-electron chi connectivity index (χ0n) is 16.9. The highest BCUT2D eigenvalue weighted by atomic mass is 35.5. The Labute approximate surface area is 175 Å². The average molecular weight is 407 g/mol. The number of hydrogen-bond donors (Lipinski definition) is 1. The van der Waals surface area contributed by atoms with Gasteiger partial charge in [0.1, 0.15) is 29.3 Å². The van der Waals surface area contributed by atoms with Gasteiger partial charge in [-0.2, -0.15) is 0 Å². The lowest BCUT2D eigenvalue weighted by Gasteiger charge is -2.21. The molecule has 5 nitrogen and oxygen atoms in total. The van der Waals surface area contributed by atoms with Gasteiger partial charge < -0.3 is 15.0 Å². The predicted octanol–water partition coefficient (Wildman–Crippen LogP) is 6.19. The Morgan fingerprint density at radius 2 is 1.86 bits per heavy atom. The van der Waals surface area contributed by atoms with Gasteiger partial charge in [-0.1, -0.05) is 29.8 Å². The van der Waals surface area contributed by atoms with Gasteiger partial charge in [0.15, 0.2) is 0 Å². The maximum atomic E-state index is 6.56. The number of fused-ring (bicyclic) bond motifs is 1. The molecule has 2 aromatic heterocycles. The summed E-state index contributed by atoms with van der Waals surface area (Å²) in [5.41, 5.74) is 9.86. The van der Waals surface area contributed by atoms with Crippen molar-refractivity contribution in [3.63, 3.8) is 0 Å². The van der Waals surface area contributed by atoms with Crippen LogP contribution in [0.4, 0.5) is 5.82 Å². The third-order valence-corrected chi connectivity index (χ3v) is 5.09. The van der Waals surface area contributed by atoms with E-state index in [9.17, 15) is 0 Å². The van der Waals surface area contributed by atoms with E-state index in [0.29, 0.717) is 16.6 Å². The first kappa shape index (κ1) is 19.3. The predicted molar refractivity (Wildman–Crippen MR) is 119 cm³/mol. The number of nitrogens with zero attached hydrogens (tertiary/aromatic N) is 3. The number of anilines is 1. The monoisotopic (exact) mass is 406 g/mol. The second kappa shape index (κ2) is 7.08. The van der Waals surface area contributed by atoms with Crippen molar-refractivity contribution in [1.82, 2.24) is 14.5 Å². The van der Waals surface area contributed by atoms with Gasteiger partial charge in [-0.15, -0.1) is 0 Å². The number of rotatable bonds is 3. The molecule has 2 aromatic carbocycles. The van der Waals surface area contributed by atoms with E-state index in [1.54, 1.807) is 0 Å². The Hall–Kier alpha value is -3.05. The van der Waals surface area contributed by atoms with Crippen LogP contribution in [0.25, 0.3) is 22.2 Å². The number of nitrogens with two attached hydrogens (primary N) is 1. The first-order valence-electron chi connectivity index (χ1n) is 9.40. The summed E-state index contributed by atoms with van der Waals surface area (Å²) in [5.74, 6) is 1.80. The van der Waals surface area contributed by atoms with Gasteiger partial charge in [0.2, 0.25) is 0 Å². The molecule has 148 valence electrons. The Kier molecular flexibility index (Phi) is 4.71. The highest BCUT2D eigenvalue weighted by Gasteiger charge is 2.22. The number of ether oxygens (including phenoxy) is 1. The molecule has 2 N–H and O–H groups in total. The number of aromatic nitrogens is 3. The quantitative estimate of drug-likeness (QED) is 0.440. The van der Waals surface area contributed by atoms with Crippen LogP contribution in [0.2, 0.25) is 5.02 Å². The number of benzene rings is 2. The van der Waals surface area contributed by atoms with Crippen LogP contribution in [0.3, 0.4) is 0 Å². The molecule has 0 bridgehead atoms. The summed E-state index contributed by atoms with van der Waals surface area (Å²) in [7, 11) is 0. The largest absolute Gasteiger partial charge is 0.456 e. The molecule has 4 rings (SSSR count). The molecule has 0 fully saturated rings. The topological polar surface area (TPSA) is 66.0 Å². The molecule has 2 heterocycles. The molecule has 0 atom stereocenters. The van der Waals surface area contributed by atoms with Crippen LogP contribution in [0, 0.1) is 6.92 Å². The smallest absolute Gasteiger partial charge is 0.146 e. The lowest BCUT2D eigenvalue weighted by Crippen LogP contribution is -2.21. The molecular formula is C23H23ClN4O. The van der Waals surface area contributed by atoms with Crippen molar-refractivity contribution in [2.45, 2.75) is 33.2 Å². The van der Waals surface area contributed by atoms with Crippen LogP contribution < -0.4 is 10.5 Å². The molecule has 0 amide bonds. The number of hydrogen-bond acceptors (Lipinski definition) is 4. The fourth-order valence-corrected chi connectivity index (χ4v) is 3.59. The van der Waals surface area contributed by atoms with Crippen molar-refractivity contribution in [3.8, 4) is 22.6 Å². The molecule has 4 aromatic rings. The molecule has 0 unspecified atom stereocenters. The summed E-state index contributed by atoms with van der Waals surface area (Å²) in [6.07, 6.45) is 3.55. The molecule has 0 saturated heterocycles. The van der Waals surface area contributed by atoms with Crippen LogP contribution in [0.1, 0.15) is 26.3 Å². The van der Waals surface area contributed by atoms with Gasteiger partial charge in [-0.3, -0.25) is 0 Å². The fraction of sp³-hybridized carbons (Fsp3) is 0.217. The van der Waals surface area contributed by atoms with Crippen molar-refractivity contribution in [2.75, 3.05) is 5.73 Å². The lowest BCUT2D eigenvalue weighted by atomic mass is 10.1. The van der Waals surface area contributed by atoms with E-state index in [-0.39, 0.29) is 5.54 Å². The first-order valence-corrected chi connectivity index (χ1v) is 9.78. The molecule has 0 aliphatic carbocycles. The van der Waals surface area contributed by atoms with E-state index in [4.69, 9.17) is 22.1 Å². The number of nitrogen functional groups attached to an aromatic ring is 1. The summed E-state index contributed by atoms with van der Waals surface area (Å²) in [6.45, 7) is 8.40. The molecule has 0 saturated carbocycles. The van der Waals surface area contributed by atoms with Crippen LogP contribution in [0.5, 0.6) is 11.5 Å². The minimum atomic E-state index is -0.157. The molecule has 6 heteroatoms. The second-order valence-corrected chi connectivity index (χ2v) is 8.51. The standard InChI is InChI=1S/C23H23ClN4O/c1-14-6-5-7-16(10-14)29-19-9-8-15(11-18(19)24)17-12-28(23(2,3)4)22-20(17)21(25)26-13-27-22/h5-13H,1-4H3,(H2,25,26,27). The summed E-state index contributed by atoms with van der Waals surface area (Å²) in [6, 6.07) is 13.6. The van der Waals surface area contributed by atoms with Crippen molar-refractivity contribution < 1.29 is 4.74 Å². The first-order chi connectivity index (χ1) is 13.7. The van der Waals surface area contributed by atoms with E-state index in [0.717, 1.165) is 33.5 Å². The Balaban J connectivity index is 1.80. The van der Waals surface area contributed by atoms with Gasteiger partial charge in [0.25, 0.3) is 0 Å². The van der Waals surface area contributed by atoms with Gasteiger partial charge in [0.05, 0.1) is 10.4 Å².